The van der Waals surface area contributed by atoms with Gasteiger partial charge in [-0.3, -0.25) is 4.98 Å². The van der Waals surface area contributed by atoms with E-state index in [4.69, 9.17) is 10.9 Å². The van der Waals surface area contributed by atoms with Gasteiger partial charge < -0.3 is 10.9 Å². The Labute approximate surface area is 107 Å². The van der Waals surface area contributed by atoms with Crippen molar-refractivity contribution in [3.8, 4) is 0 Å². The van der Waals surface area contributed by atoms with E-state index < -0.39 is 0 Å². The molecule has 2 rings (SSSR count). The van der Waals surface area contributed by atoms with Gasteiger partial charge in [0.2, 0.25) is 0 Å². The van der Waals surface area contributed by atoms with Gasteiger partial charge in [-0.2, -0.15) is 0 Å². The zero-order valence-corrected chi connectivity index (χ0v) is 10.1. The zero-order valence-electron chi connectivity index (χ0n) is 9.25. The molecule has 1 aromatic heterocycles. The molecule has 0 spiro atoms. The molecule has 2 aromatic rings. The van der Waals surface area contributed by atoms with Crippen LogP contribution in [0, 0.1) is 5.82 Å². The van der Waals surface area contributed by atoms with Crippen LogP contribution in [0.1, 0.15) is 5.69 Å². The van der Waals surface area contributed by atoms with Crippen LogP contribution in [0.2, 0.25) is 0 Å². The Hall–Kier alpha value is -2.08. The van der Waals surface area contributed by atoms with Gasteiger partial charge in [0, 0.05) is 16.0 Å². The summed E-state index contributed by atoms with van der Waals surface area (Å²) in [5, 5.41) is 11.3. The molecule has 92 valence electrons. The molecule has 1 heterocycles. The highest BCUT2D eigenvalue weighted by molar-refractivity contribution is 7.99. The standard InChI is InChI=1S/C12H10FN3OS/c13-9-3-1-2-4-11(9)18-8-5-6-10(15-7-8)12(14)16-17/h1-7,17H,(H2,14,16). The zero-order chi connectivity index (χ0) is 13.0. The Balaban J connectivity index is 2.19. The van der Waals surface area contributed by atoms with Crippen molar-refractivity contribution in [1.29, 1.82) is 0 Å². The van der Waals surface area contributed by atoms with Crippen molar-refractivity contribution < 1.29 is 9.60 Å². The van der Waals surface area contributed by atoms with Gasteiger partial charge in [-0.05, 0) is 24.3 Å². The molecule has 0 bridgehead atoms. The first kappa shape index (κ1) is 12.4. The smallest absolute Gasteiger partial charge is 0.188 e. The number of hydrogen-bond acceptors (Lipinski definition) is 4. The van der Waals surface area contributed by atoms with Crippen molar-refractivity contribution in [3.63, 3.8) is 0 Å². The van der Waals surface area contributed by atoms with Gasteiger partial charge in [0.25, 0.3) is 0 Å². The van der Waals surface area contributed by atoms with Crippen molar-refractivity contribution in [2.75, 3.05) is 0 Å². The number of nitrogens with zero attached hydrogens (tertiary/aromatic N) is 2. The molecule has 6 heteroatoms. The number of pyridine rings is 1. The molecule has 0 radical (unpaired) electrons. The quantitative estimate of drug-likeness (QED) is 0.386. The summed E-state index contributed by atoms with van der Waals surface area (Å²) < 4.78 is 13.4. The third kappa shape index (κ3) is 2.78. The minimum absolute atomic E-state index is 0.0579. The van der Waals surface area contributed by atoms with E-state index in [1.807, 2.05) is 0 Å². The van der Waals surface area contributed by atoms with E-state index in [9.17, 15) is 4.39 Å². The minimum atomic E-state index is -0.275. The van der Waals surface area contributed by atoms with Crippen LogP contribution in [0.5, 0.6) is 0 Å². The summed E-state index contributed by atoms with van der Waals surface area (Å²) in [7, 11) is 0. The maximum Gasteiger partial charge on any atom is 0.188 e. The fourth-order valence-corrected chi connectivity index (χ4v) is 2.11. The number of rotatable bonds is 3. The summed E-state index contributed by atoms with van der Waals surface area (Å²) in [5.41, 5.74) is 5.76. The summed E-state index contributed by atoms with van der Waals surface area (Å²) >= 11 is 1.26. The van der Waals surface area contributed by atoms with Gasteiger partial charge >= 0.3 is 0 Å². The largest absolute Gasteiger partial charge is 0.409 e. The number of oxime groups is 1. The lowest BCUT2D eigenvalue weighted by molar-refractivity contribution is 0.318. The van der Waals surface area contributed by atoms with Gasteiger partial charge in [0.1, 0.15) is 11.5 Å². The SMILES string of the molecule is N/C(=N/O)c1ccc(Sc2ccccc2F)cn1. The van der Waals surface area contributed by atoms with Crippen molar-refractivity contribution in [2.24, 2.45) is 10.9 Å². The van der Waals surface area contributed by atoms with Crippen LogP contribution in [-0.4, -0.2) is 16.0 Å². The lowest BCUT2D eigenvalue weighted by Crippen LogP contribution is -2.14. The molecule has 0 aliphatic carbocycles. The van der Waals surface area contributed by atoms with Gasteiger partial charge in [-0.1, -0.05) is 29.1 Å². The molecule has 0 fully saturated rings. The maximum absolute atomic E-state index is 13.4. The van der Waals surface area contributed by atoms with E-state index in [-0.39, 0.29) is 11.7 Å². The molecule has 0 aliphatic heterocycles. The topological polar surface area (TPSA) is 71.5 Å². The average molecular weight is 263 g/mol. The number of amidine groups is 1. The Bertz CT molecular complexity index is 572. The molecule has 3 N–H and O–H groups in total. The number of nitrogens with two attached hydrogens (primary N) is 1. The first-order valence-corrected chi connectivity index (χ1v) is 5.88. The summed E-state index contributed by atoms with van der Waals surface area (Å²) in [6, 6.07) is 9.84. The molecule has 0 atom stereocenters. The van der Waals surface area contributed by atoms with Crippen LogP contribution in [-0.2, 0) is 0 Å². The van der Waals surface area contributed by atoms with Crippen molar-refractivity contribution in [1.82, 2.24) is 4.98 Å². The fraction of sp³-hybridized carbons (Fsp3) is 0. The summed E-state index contributed by atoms with van der Waals surface area (Å²) in [4.78, 5) is 5.31. The maximum atomic E-state index is 13.4. The molecule has 0 saturated carbocycles. The minimum Gasteiger partial charge on any atom is -0.409 e. The molecular formula is C12H10FN3OS. The van der Waals surface area contributed by atoms with E-state index >= 15 is 0 Å². The van der Waals surface area contributed by atoms with Crippen LogP contribution < -0.4 is 5.73 Å². The molecule has 0 saturated heterocycles. The van der Waals surface area contributed by atoms with E-state index in [1.165, 1.54) is 17.8 Å². The van der Waals surface area contributed by atoms with Crippen LogP contribution in [0.3, 0.4) is 0 Å². The lowest BCUT2D eigenvalue weighted by Gasteiger charge is -2.03. The summed E-state index contributed by atoms with van der Waals surface area (Å²) in [6.07, 6.45) is 1.55. The summed E-state index contributed by atoms with van der Waals surface area (Å²) in [6.45, 7) is 0. The number of aromatic nitrogens is 1. The van der Waals surface area contributed by atoms with E-state index in [1.54, 1.807) is 36.5 Å². The Kier molecular flexibility index (Phi) is 3.78. The monoisotopic (exact) mass is 263 g/mol. The van der Waals surface area contributed by atoms with Gasteiger partial charge in [0.05, 0.1) is 0 Å². The van der Waals surface area contributed by atoms with E-state index in [0.717, 1.165) is 4.90 Å². The van der Waals surface area contributed by atoms with Crippen molar-refractivity contribution in [2.45, 2.75) is 9.79 Å². The normalized spacial score (nSPS) is 11.5. The number of hydrogen-bond donors (Lipinski definition) is 2. The Morgan fingerprint density at radius 2 is 2.06 bits per heavy atom. The highest BCUT2D eigenvalue weighted by Crippen LogP contribution is 2.28. The first-order chi connectivity index (χ1) is 8.70. The van der Waals surface area contributed by atoms with Crippen molar-refractivity contribution >= 4 is 17.6 Å². The fourth-order valence-electron chi connectivity index (χ4n) is 1.30. The highest BCUT2D eigenvalue weighted by Gasteiger charge is 2.05. The number of halogens is 1. The Morgan fingerprint density at radius 3 is 2.67 bits per heavy atom. The molecule has 0 amide bonds. The van der Waals surface area contributed by atoms with Gasteiger partial charge in [-0.15, -0.1) is 0 Å². The highest BCUT2D eigenvalue weighted by atomic mass is 32.2. The second-order valence-corrected chi connectivity index (χ2v) is 4.51. The molecule has 1 aromatic carbocycles. The molecule has 0 aliphatic rings. The number of benzene rings is 1. The predicted molar refractivity (Wildman–Crippen MR) is 67.3 cm³/mol. The van der Waals surface area contributed by atoms with E-state index in [0.29, 0.717) is 10.6 Å². The van der Waals surface area contributed by atoms with Gasteiger partial charge in [0.15, 0.2) is 5.84 Å². The molecule has 4 nitrogen and oxygen atoms in total. The second kappa shape index (κ2) is 5.50. The van der Waals surface area contributed by atoms with E-state index in [2.05, 4.69) is 10.1 Å². The summed E-state index contributed by atoms with van der Waals surface area (Å²) in [5.74, 6) is -0.333. The van der Waals surface area contributed by atoms with Crippen LogP contribution in [0.15, 0.2) is 57.5 Å². The molecule has 18 heavy (non-hydrogen) atoms. The van der Waals surface area contributed by atoms with Crippen LogP contribution >= 0.6 is 11.8 Å². The lowest BCUT2D eigenvalue weighted by atomic mass is 10.3. The predicted octanol–water partition coefficient (Wildman–Crippen LogP) is 2.47. The average Bonchev–Trinajstić information content (AvgIpc) is 2.41. The third-order valence-corrected chi connectivity index (χ3v) is 3.20. The molecular weight excluding hydrogens is 253 g/mol. The van der Waals surface area contributed by atoms with Gasteiger partial charge in [-0.25, -0.2) is 4.39 Å². The van der Waals surface area contributed by atoms with Crippen LogP contribution in [0.25, 0.3) is 0 Å². The Morgan fingerprint density at radius 1 is 1.28 bits per heavy atom. The second-order valence-electron chi connectivity index (χ2n) is 3.40. The van der Waals surface area contributed by atoms with Crippen LogP contribution in [0.4, 0.5) is 4.39 Å². The third-order valence-electron chi connectivity index (χ3n) is 2.17. The van der Waals surface area contributed by atoms with Crippen molar-refractivity contribution in [3.05, 3.63) is 54.1 Å². The first-order valence-electron chi connectivity index (χ1n) is 5.07. The molecule has 0 unspecified atom stereocenters.